The molecule has 2 amide bonds. The van der Waals surface area contributed by atoms with Crippen LogP contribution in [0.3, 0.4) is 0 Å². The first-order valence-electron chi connectivity index (χ1n) is 9.81. The molecular weight excluding hydrogens is 356 g/mol. The third-order valence-corrected chi connectivity index (χ3v) is 4.81. The van der Waals surface area contributed by atoms with Gasteiger partial charge in [0.15, 0.2) is 0 Å². The van der Waals surface area contributed by atoms with E-state index in [1.165, 1.54) is 4.90 Å². The van der Waals surface area contributed by atoms with E-state index in [2.05, 4.69) is 6.58 Å². The zero-order valence-electron chi connectivity index (χ0n) is 16.8. The zero-order chi connectivity index (χ0) is 20.3. The number of hydrogen-bond donors (Lipinski definition) is 0. The molecule has 0 spiro atoms. The maximum atomic E-state index is 13.1. The van der Waals surface area contributed by atoms with E-state index >= 15 is 0 Å². The van der Waals surface area contributed by atoms with E-state index in [1.54, 1.807) is 6.08 Å². The molecule has 0 bridgehead atoms. The van der Waals surface area contributed by atoms with Crippen LogP contribution in [-0.4, -0.2) is 60.1 Å². The van der Waals surface area contributed by atoms with Crippen LogP contribution in [-0.2, 0) is 14.3 Å². The van der Waals surface area contributed by atoms with Crippen molar-refractivity contribution < 1.29 is 19.1 Å². The Balaban J connectivity index is 2.00. The summed E-state index contributed by atoms with van der Waals surface area (Å²) in [5, 5.41) is 0. The Morgan fingerprint density at radius 2 is 1.79 bits per heavy atom. The Hall–Kier alpha value is -2.60. The molecule has 2 aliphatic heterocycles. The van der Waals surface area contributed by atoms with Crippen molar-refractivity contribution in [1.29, 1.82) is 0 Å². The number of imide groups is 1. The van der Waals surface area contributed by atoms with E-state index < -0.39 is 0 Å². The maximum absolute atomic E-state index is 13.1. The van der Waals surface area contributed by atoms with Crippen LogP contribution in [0.25, 0.3) is 5.57 Å². The lowest BCUT2D eigenvalue weighted by Crippen LogP contribution is -2.47. The summed E-state index contributed by atoms with van der Waals surface area (Å²) >= 11 is 0. The van der Waals surface area contributed by atoms with Gasteiger partial charge in [-0.05, 0) is 38.0 Å². The average Bonchev–Trinajstić information content (AvgIpc) is 2.91. The molecule has 2 heterocycles. The summed E-state index contributed by atoms with van der Waals surface area (Å²) < 4.78 is 11.4. The molecule has 150 valence electrons. The van der Waals surface area contributed by atoms with E-state index in [0.29, 0.717) is 31.0 Å². The van der Waals surface area contributed by atoms with Gasteiger partial charge < -0.3 is 14.4 Å². The highest BCUT2D eigenvalue weighted by Crippen LogP contribution is 2.33. The average molecular weight is 384 g/mol. The lowest BCUT2D eigenvalue weighted by atomic mass is 10.0. The zero-order valence-corrected chi connectivity index (χ0v) is 16.8. The first-order chi connectivity index (χ1) is 13.5. The van der Waals surface area contributed by atoms with Crippen molar-refractivity contribution in [2.24, 2.45) is 0 Å². The van der Waals surface area contributed by atoms with Gasteiger partial charge in [0.2, 0.25) is 0 Å². The fraction of sp³-hybridized carbons (Fsp3) is 0.455. The van der Waals surface area contributed by atoms with Crippen molar-refractivity contribution >= 4 is 17.4 Å². The molecule has 1 aromatic carbocycles. The fourth-order valence-electron chi connectivity index (χ4n) is 3.71. The minimum absolute atomic E-state index is 0.0151. The SMILES string of the molecule is C=CCN1C(=O)C(c2ccc(OCCC)cc2)=C(N2CC(C)OC(C)C2)C1=O. The van der Waals surface area contributed by atoms with Crippen LogP contribution in [0.5, 0.6) is 5.75 Å². The predicted octanol–water partition coefficient (Wildman–Crippen LogP) is 2.85. The first-order valence-corrected chi connectivity index (χ1v) is 9.81. The lowest BCUT2D eigenvalue weighted by Gasteiger charge is -2.37. The molecule has 0 saturated carbocycles. The van der Waals surface area contributed by atoms with Crippen LogP contribution in [0.15, 0.2) is 42.6 Å². The van der Waals surface area contributed by atoms with Crippen LogP contribution in [0.2, 0.25) is 0 Å². The van der Waals surface area contributed by atoms with Gasteiger partial charge in [-0.2, -0.15) is 0 Å². The van der Waals surface area contributed by atoms with Crippen molar-refractivity contribution in [1.82, 2.24) is 9.80 Å². The summed E-state index contributed by atoms with van der Waals surface area (Å²) in [7, 11) is 0. The van der Waals surface area contributed by atoms with Gasteiger partial charge in [-0.1, -0.05) is 25.1 Å². The molecule has 1 saturated heterocycles. The lowest BCUT2D eigenvalue weighted by molar-refractivity contribution is -0.137. The van der Waals surface area contributed by atoms with E-state index in [-0.39, 0.29) is 30.6 Å². The number of hydrogen-bond acceptors (Lipinski definition) is 5. The van der Waals surface area contributed by atoms with Gasteiger partial charge in [0.05, 0.1) is 24.4 Å². The van der Waals surface area contributed by atoms with Crippen molar-refractivity contribution in [2.75, 3.05) is 26.2 Å². The number of morpholine rings is 1. The molecule has 28 heavy (non-hydrogen) atoms. The van der Waals surface area contributed by atoms with Crippen molar-refractivity contribution in [3.05, 3.63) is 48.2 Å². The van der Waals surface area contributed by atoms with Gasteiger partial charge in [-0.25, -0.2) is 0 Å². The highest BCUT2D eigenvalue weighted by atomic mass is 16.5. The summed E-state index contributed by atoms with van der Waals surface area (Å²) in [4.78, 5) is 29.4. The summed E-state index contributed by atoms with van der Waals surface area (Å²) in [6, 6.07) is 7.37. The van der Waals surface area contributed by atoms with E-state index in [4.69, 9.17) is 9.47 Å². The van der Waals surface area contributed by atoms with Crippen LogP contribution in [0.1, 0.15) is 32.8 Å². The van der Waals surface area contributed by atoms with Gasteiger partial charge >= 0.3 is 0 Å². The number of ether oxygens (including phenoxy) is 2. The molecule has 2 unspecified atom stereocenters. The normalized spacial score (nSPS) is 22.8. The van der Waals surface area contributed by atoms with Crippen molar-refractivity contribution in [3.8, 4) is 5.75 Å². The van der Waals surface area contributed by atoms with Gasteiger partial charge in [0.25, 0.3) is 11.8 Å². The monoisotopic (exact) mass is 384 g/mol. The van der Waals surface area contributed by atoms with Crippen molar-refractivity contribution in [2.45, 2.75) is 39.4 Å². The molecule has 3 rings (SSSR count). The Labute approximate surface area is 166 Å². The largest absolute Gasteiger partial charge is 0.494 e. The Kier molecular flexibility index (Phi) is 6.19. The predicted molar refractivity (Wildman–Crippen MR) is 108 cm³/mol. The molecule has 6 nitrogen and oxygen atoms in total. The minimum atomic E-state index is -0.283. The van der Waals surface area contributed by atoms with E-state index in [0.717, 1.165) is 17.7 Å². The highest BCUT2D eigenvalue weighted by Gasteiger charge is 2.42. The van der Waals surface area contributed by atoms with Crippen LogP contribution < -0.4 is 4.74 Å². The Bertz CT molecular complexity index is 774. The number of rotatable bonds is 7. The molecule has 6 heteroatoms. The highest BCUT2D eigenvalue weighted by molar-refractivity contribution is 6.35. The van der Waals surface area contributed by atoms with E-state index in [9.17, 15) is 9.59 Å². The molecule has 1 fully saturated rings. The second kappa shape index (κ2) is 8.61. The Morgan fingerprint density at radius 1 is 1.14 bits per heavy atom. The molecule has 2 atom stereocenters. The minimum Gasteiger partial charge on any atom is -0.494 e. The van der Waals surface area contributed by atoms with Gasteiger partial charge in [-0.3, -0.25) is 14.5 Å². The fourth-order valence-corrected chi connectivity index (χ4v) is 3.71. The van der Waals surface area contributed by atoms with Crippen LogP contribution >= 0.6 is 0 Å². The molecule has 0 aromatic heterocycles. The smallest absolute Gasteiger partial charge is 0.278 e. The molecule has 0 N–H and O–H groups in total. The second-order valence-corrected chi connectivity index (χ2v) is 7.27. The number of carbonyl (C=O) groups excluding carboxylic acids is 2. The molecular formula is C22H28N2O4. The van der Waals surface area contributed by atoms with Gasteiger partial charge in [-0.15, -0.1) is 6.58 Å². The summed E-state index contributed by atoms with van der Waals surface area (Å²) in [5.74, 6) is 0.197. The number of benzene rings is 1. The van der Waals surface area contributed by atoms with Crippen LogP contribution in [0.4, 0.5) is 0 Å². The van der Waals surface area contributed by atoms with Crippen LogP contribution in [0, 0.1) is 0 Å². The maximum Gasteiger partial charge on any atom is 0.278 e. The third kappa shape index (κ3) is 3.97. The Morgan fingerprint density at radius 3 is 2.36 bits per heavy atom. The third-order valence-electron chi connectivity index (χ3n) is 4.81. The van der Waals surface area contributed by atoms with Gasteiger partial charge in [0, 0.05) is 19.6 Å². The summed E-state index contributed by atoms with van der Waals surface area (Å²) in [6.07, 6.45) is 2.47. The second-order valence-electron chi connectivity index (χ2n) is 7.27. The number of carbonyl (C=O) groups is 2. The molecule has 1 aromatic rings. The first kappa shape index (κ1) is 20.1. The summed E-state index contributed by atoms with van der Waals surface area (Å²) in [5.41, 5.74) is 1.61. The summed E-state index contributed by atoms with van der Waals surface area (Å²) in [6.45, 7) is 11.7. The van der Waals surface area contributed by atoms with E-state index in [1.807, 2.05) is 49.9 Å². The number of amides is 2. The quantitative estimate of drug-likeness (QED) is 0.534. The van der Waals surface area contributed by atoms with Gasteiger partial charge in [0.1, 0.15) is 11.4 Å². The topological polar surface area (TPSA) is 59.1 Å². The van der Waals surface area contributed by atoms with Crippen molar-refractivity contribution in [3.63, 3.8) is 0 Å². The number of nitrogens with zero attached hydrogens (tertiary/aromatic N) is 2. The molecule has 2 aliphatic rings. The molecule has 0 radical (unpaired) electrons. The molecule has 0 aliphatic carbocycles. The standard InChI is InChI=1S/C22H28N2O4/c1-5-11-24-21(25)19(17-7-9-18(10-8-17)27-12-6-2)20(22(24)26)23-13-15(3)28-16(4)14-23/h5,7-10,15-16H,1,6,11-14H2,2-4H3.